The van der Waals surface area contributed by atoms with Crippen LogP contribution in [0.1, 0.15) is 32.1 Å². The van der Waals surface area contributed by atoms with Gasteiger partial charge in [0.15, 0.2) is 0 Å². The number of halogens is 2. The van der Waals surface area contributed by atoms with Crippen molar-refractivity contribution < 1.29 is 4.79 Å². The highest BCUT2D eigenvalue weighted by Crippen LogP contribution is 2.29. The van der Waals surface area contributed by atoms with E-state index >= 15 is 0 Å². The highest BCUT2D eigenvalue weighted by Gasteiger charge is 2.15. The van der Waals surface area contributed by atoms with E-state index in [1.165, 1.54) is 31.0 Å². The maximum atomic E-state index is 11.9. The van der Waals surface area contributed by atoms with Gasteiger partial charge < -0.3 is 5.32 Å². The van der Waals surface area contributed by atoms with Gasteiger partial charge in [0.05, 0.1) is 10.8 Å². The topological polar surface area (TPSA) is 29.1 Å². The molecule has 0 unspecified atom stereocenters. The van der Waals surface area contributed by atoms with E-state index in [-0.39, 0.29) is 5.91 Å². The minimum atomic E-state index is 0.0768. The standard InChI is InChI=1S/C14H17Cl2NOS/c15-10-6-7-12(16)13(8-10)19-9-14(18)17-11-4-2-1-3-5-11/h6-8,11H,1-5,9H2,(H,17,18). The van der Waals surface area contributed by atoms with Gasteiger partial charge >= 0.3 is 0 Å². The number of amides is 1. The molecule has 5 heteroatoms. The largest absolute Gasteiger partial charge is 0.353 e. The van der Waals surface area contributed by atoms with Gasteiger partial charge in [-0.1, -0.05) is 42.5 Å². The Morgan fingerprint density at radius 1 is 1.26 bits per heavy atom. The summed E-state index contributed by atoms with van der Waals surface area (Å²) < 4.78 is 0. The summed E-state index contributed by atoms with van der Waals surface area (Å²) in [5.41, 5.74) is 0. The second-order valence-corrected chi connectivity index (χ2v) is 6.63. The molecule has 1 aliphatic rings. The lowest BCUT2D eigenvalue weighted by Crippen LogP contribution is -2.37. The normalized spacial score (nSPS) is 16.3. The van der Waals surface area contributed by atoms with Gasteiger partial charge in [0.2, 0.25) is 5.91 Å². The molecule has 1 N–H and O–H groups in total. The monoisotopic (exact) mass is 317 g/mol. The average molecular weight is 318 g/mol. The minimum Gasteiger partial charge on any atom is -0.353 e. The van der Waals surface area contributed by atoms with Crippen LogP contribution >= 0.6 is 35.0 Å². The highest BCUT2D eigenvalue weighted by molar-refractivity contribution is 8.00. The zero-order valence-corrected chi connectivity index (χ0v) is 13.0. The molecule has 104 valence electrons. The number of carbonyl (C=O) groups is 1. The average Bonchev–Trinajstić information content (AvgIpc) is 2.41. The quantitative estimate of drug-likeness (QED) is 0.826. The van der Waals surface area contributed by atoms with E-state index in [1.807, 2.05) is 0 Å². The van der Waals surface area contributed by atoms with Crippen LogP contribution < -0.4 is 5.32 Å². The second-order valence-electron chi connectivity index (χ2n) is 4.77. The van der Waals surface area contributed by atoms with Crippen LogP contribution in [0.4, 0.5) is 0 Å². The number of hydrogen-bond acceptors (Lipinski definition) is 2. The zero-order valence-electron chi connectivity index (χ0n) is 10.6. The Hall–Kier alpha value is -0.380. The molecule has 1 aromatic carbocycles. The summed E-state index contributed by atoms with van der Waals surface area (Å²) in [7, 11) is 0. The van der Waals surface area contributed by atoms with Crippen molar-refractivity contribution >= 4 is 40.9 Å². The van der Waals surface area contributed by atoms with E-state index in [0.717, 1.165) is 17.7 Å². The summed E-state index contributed by atoms with van der Waals surface area (Å²) in [5, 5.41) is 4.36. The van der Waals surface area contributed by atoms with Crippen LogP contribution in [0.15, 0.2) is 23.1 Å². The summed E-state index contributed by atoms with van der Waals surface area (Å²) in [4.78, 5) is 12.7. The molecule has 1 aliphatic carbocycles. The minimum absolute atomic E-state index is 0.0768. The van der Waals surface area contributed by atoms with Crippen LogP contribution in [0, 0.1) is 0 Å². The molecule has 1 aromatic rings. The first-order chi connectivity index (χ1) is 9.15. The predicted octanol–water partition coefficient (Wildman–Crippen LogP) is 4.53. The third-order valence-electron chi connectivity index (χ3n) is 3.22. The van der Waals surface area contributed by atoms with Crippen molar-refractivity contribution in [3.63, 3.8) is 0 Å². The van der Waals surface area contributed by atoms with E-state index in [9.17, 15) is 4.79 Å². The molecule has 0 saturated heterocycles. The van der Waals surface area contributed by atoms with E-state index in [4.69, 9.17) is 23.2 Å². The van der Waals surface area contributed by atoms with Gasteiger partial charge in [-0.3, -0.25) is 4.79 Å². The summed E-state index contributed by atoms with van der Waals surface area (Å²) >= 11 is 13.4. The third kappa shape index (κ3) is 4.90. The van der Waals surface area contributed by atoms with Crippen molar-refractivity contribution in [2.75, 3.05) is 5.75 Å². The number of benzene rings is 1. The molecule has 1 amide bonds. The molecular weight excluding hydrogens is 301 g/mol. The molecule has 2 rings (SSSR count). The van der Waals surface area contributed by atoms with Crippen molar-refractivity contribution in [1.82, 2.24) is 5.32 Å². The fraction of sp³-hybridized carbons (Fsp3) is 0.500. The predicted molar refractivity (Wildman–Crippen MR) is 82.2 cm³/mol. The molecule has 0 heterocycles. The second kappa shape index (κ2) is 7.41. The summed E-state index contributed by atoms with van der Waals surface area (Å²) in [6.07, 6.45) is 5.94. The molecule has 0 aromatic heterocycles. The number of carbonyl (C=O) groups excluding carboxylic acids is 1. The molecule has 0 atom stereocenters. The van der Waals surface area contributed by atoms with Crippen LogP contribution in [0.2, 0.25) is 10.0 Å². The van der Waals surface area contributed by atoms with Gasteiger partial charge in [-0.15, -0.1) is 11.8 Å². The fourth-order valence-corrected chi connectivity index (χ4v) is 3.55. The lowest BCUT2D eigenvalue weighted by Gasteiger charge is -2.22. The lowest BCUT2D eigenvalue weighted by atomic mass is 9.95. The van der Waals surface area contributed by atoms with Gasteiger partial charge in [-0.2, -0.15) is 0 Å². The molecule has 0 aliphatic heterocycles. The molecule has 19 heavy (non-hydrogen) atoms. The van der Waals surface area contributed by atoms with Gasteiger partial charge in [-0.25, -0.2) is 0 Å². The zero-order chi connectivity index (χ0) is 13.7. The van der Waals surface area contributed by atoms with Crippen molar-refractivity contribution in [2.45, 2.75) is 43.0 Å². The SMILES string of the molecule is O=C(CSc1cc(Cl)ccc1Cl)NC1CCCCC1. The molecular formula is C14H17Cl2NOS. The number of thioether (sulfide) groups is 1. The van der Waals surface area contributed by atoms with E-state index in [0.29, 0.717) is 21.8 Å². The number of nitrogens with one attached hydrogen (secondary N) is 1. The summed E-state index contributed by atoms with van der Waals surface area (Å²) in [5.74, 6) is 0.462. The fourth-order valence-electron chi connectivity index (χ4n) is 2.25. The Labute approximate surface area is 128 Å². The molecule has 0 radical (unpaired) electrons. The summed E-state index contributed by atoms with van der Waals surface area (Å²) in [6, 6.07) is 5.65. The third-order valence-corrected chi connectivity index (χ3v) is 4.95. The first-order valence-electron chi connectivity index (χ1n) is 6.52. The van der Waals surface area contributed by atoms with Crippen molar-refractivity contribution in [2.24, 2.45) is 0 Å². The van der Waals surface area contributed by atoms with Crippen LogP contribution in [0.25, 0.3) is 0 Å². The van der Waals surface area contributed by atoms with Crippen LogP contribution in [-0.2, 0) is 4.79 Å². The molecule has 0 spiro atoms. The molecule has 1 saturated carbocycles. The van der Waals surface area contributed by atoms with E-state index in [1.54, 1.807) is 18.2 Å². The molecule has 2 nitrogen and oxygen atoms in total. The Bertz CT molecular complexity index is 447. The molecule has 0 bridgehead atoms. The maximum absolute atomic E-state index is 11.9. The highest BCUT2D eigenvalue weighted by atomic mass is 35.5. The smallest absolute Gasteiger partial charge is 0.230 e. The van der Waals surface area contributed by atoms with Gasteiger partial charge in [0.25, 0.3) is 0 Å². The maximum Gasteiger partial charge on any atom is 0.230 e. The Morgan fingerprint density at radius 2 is 2.00 bits per heavy atom. The Morgan fingerprint density at radius 3 is 2.74 bits per heavy atom. The first-order valence-corrected chi connectivity index (χ1v) is 8.26. The van der Waals surface area contributed by atoms with Crippen molar-refractivity contribution in [3.8, 4) is 0 Å². The van der Waals surface area contributed by atoms with Gasteiger partial charge in [-0.05, 0) is 31.0 Å². The Kier molecular flexibility index (Phi) is 5.86. The Balaban J connectivity index is 1.81. The van der Waals surface area contributed by atoms with Gasteiger partial charge in [0, 0.05) is 16.0 Å². The van der Waals surface area contributed by atoms with Crippen molar-refractivity contribution in [1.29, 1.82) is 0 Å². The van der Waals surface area contributed by atoms with Crippen molar-refractivity contribution in [3.05, 3.63) is 28.2 Å². The van der Waals surface area contributed by atoms with Crippen LogP contribution in [-0.4, -0.2) is 17.7 Å². The van der Waals surface area contributed by atoms with Crippen LogP contribution in [0.3, 0.4) is 0 Å². The summed E-state index contributed by atoms with van der Waals surface area (Å²) in [6.45, 7) is 0. The van der Waals surface area contributed by atoms with E-state index < -0.39 is 0 Å². The molecule has 1 fully saturated rings. The lowest BCUT2D eigenvalue weighted by molar-refractivity contribution is -0.119. The van der Waals surface area contributed by atoms with Gasteiger partial charge in [0.1, 0.15) is 0 Å². The first kappa shape index (κ1) is 15.0. The number of rotatable bonds is 4. The van der Waals surface area contributed by atoms with Crippen LogP contribution in [0.5, 0.6) is 0 Å². The van der Waals surface area contributed by atoms with E-state index in [2.05, 4.69) is 5.32 Å². The number of hydrogen-bond donors (Lipinski definition) is 1.